The van der Waals surface area contributed by atoms with E-state index >= 15 is 0 Å². The molecule has 0 bridgehead atoms. The fraction of sp³-hybridized carbons (Fsp3) is 0.476. The minimum atomic E-state index is 0.212. The number of amides is 1. The van der Waals surface area contributed by atoms with Crippen LogP contribution < -0.4 is 5.32 Å². The van der Waals surface area contributed by atoms with Crippen molar-refractivity contribution >= 4 is 22.6 Å². The Balaban J connectivity index is 1.60. The molecule has 1 fully saturated rings. The quantitative estimate of drug-likeness (QED) is 0.766. The van der Waals surface area contributed by atoms with Gasteiger partial charge in [-0.25, -0.2) is 0 Å². The number of benzene rings is 1. The summed E-state index contributed by atoms with van der Waals surface area (Å²) in [5.41, 5.74) is 5.17. The zero-order chi connectivity index (χ0) is 17.1. The fourth-order valence-electron chi connectivity index (χ4n) is 3.76. The average molecular weight is 342 g/mol. The van der Waals surface area contributed by atoms with Crippen LogP contribution >= 0.6 is 11.8 Å². The van der Waals surface area contributed by atoms with Gasteiger partial charge in [-0.05, 0) is 43.2 Å². The Kier molecular flexibility index (Phi) is 5.50. The molecule has 2 unspecified atom stereocenters. The molecule has 2 nitrogen and oxygen atoms in total. The largest absolute Gasteiger partial charge is 0.352 e. The summed E-state index contributed by atoms with van der Waals surface area (Å²) < 4.78 is 0. The minimum Gasteiger partial charge on any atom is -0.352 e. The number of rotatable bonds is 4. The molecule has 1 saturated carbocycles. The SMILES string of the molecule is C=C1CSC(c2ccc(CNC(=O)C3CCCC3C)cc2)=C(C)C1. The number of hydrogen-bond acceptors (Lipinski definition) is 2. The van der Waals surface area contributed by atoms with Gasteiger partial charge in [0.15, 0.2) is 0 Å². The van der Waals surface area contributed by atoms with Crippen LogP contribution in [-0.4, -0.2) is 11.7 Å². The van der Waals surface area contributed by atoms with Gasteiger partial charge in [-0.1, -0.05) is 55.3 Å². The first-order valence-electron chi connectivity index (χ1n) is 8.91. The number of allylic oxidation sites excluding steroid dienone is 1. The summed E-state index contributed by atoms with van der Waals surface area (Å²) in [5.74, 6) is 1.98. The lowest BCUT2D eigenvalue weighted by molar-refractivity contribution is -0.126. The maximum Gasteiger partial charge on any atom is 0.223 e. The number of nitrogens with one attached hydrogen (secondary N) is 1. The third-order valence-electron chi connectivity index (χ3n) is 5.20. The van der Waals surface area contributed by atoms with E-state index in [1.807, 2.05) is 11.8 Å². The molecule has 0 radical (unpaired) electrons. The van der Waals surface area contributed by atoms with Gasteiger partial charge in [-0.2, -0.15) is 0 Å². The van der Waals surface area contributed by atoms with Crippen molar-refractivity contribution in [2.75, 3.05) is 5.75 Å². The van der Waals surface area contributed by atoms with Crippen LogP contribution in [0.2, 0.25) is 0 Å². The molecule has 0 saturated heterocycles. The van der Waals surface area contributed by atoms with Gasteiger partial charge in [-0.15, -0.1) is 11.8 Å². The van der Waals surface area contributed by atoms with E-state index in [-0.39, 0.29) is 11.8 Å². The number of carbonyl (C=O) groups is 1. The molecule has 128 valence electrons. The first-order chi connectivity index (χ1) is 11.5. The molecule has 1 N–H and O–H groups in total. The highest BCUT2D eigenvalue weighted by molar-refractivity contribution is 8.08. The normalized spacial score (nSPS) is 24.3. The Morgan fingerprint density at radius 1 is 1.29 bits per heavy atom. The van der Waals surface area contributed by atoms with Gasteiger partial charge < -0.3 is 5.32 Å². The molecular weight excluding hydrogens is 314 g/mol. The Bertz CT molecular complexity index is 659. The molecule has 1 aliphatic heterocycles. The Morgan fingerprint density at radius 3 is 2.67 bits per heavy atom. The summed E-state index contributed by atoms with van der Waals surface area (Å²) in [4.78, 5) is 13.7. The highest BCUT2D eigenvalue weighted by atomic mass is 32.2. The van der Waals surface area contributed by atoms with Crippen LogP contribution in [0.3, 0.4) is 0 Å². The minimum absolute atomic E-state index is 0.212. The first-order valence-corrected chi connectivity index (χ1v) is 9.89. The van der Waals surface area contributed by atoms with Crippen LogP contribution in [0.5, 0.6) is 0 Å². The van der Waals surface area contributed by atoms with Gasteiger partial charge in [0.05, 0.1) is 0 Å². The first kappa shape index (κ1) is 17.3. The molecular formula is C21H27NOS. The number of thioether (sulfide) groups is 1. The number of hydrogen-bond donors (Lipinski definition) is 1. The molecule has 0 aromatic heterocycles. The molecule has 2 aliphatic rings. The van der Waals surface area contributed by atoms with Crippen molar-refractivity contribution in [3.05, 3.63) is 53.1 Å². The van der Waals surface area contributed by atoms with Gasteiger partial charge in [0.1, 0.15) is 0 Å². The van der Waals surface area contributed by atoms with E-state index in [9.17, 15) is 4.79 Å². The summed E-state index contributed by atoms with van der Waals surface area (Å²) in [5, 5.41) is 3.12. The van der Waals surface area contributed by atoms with Crippen LogP contribution in [0.1, 0.15) is 50.7 Å². The second-order valence-corrected chi connectivity index (χ2v) is 8.24. The molecule has 0 spiro atoms. The van der Waals surface area contributed by atoms with Crippen molar-refractivity contribution in [1.82, 2.24) is 5.32 Å². The zero-order valence-corrected chi connectivity index (χ0v) is 15.5. The van der Waals surface area contributed by atoms with Crippen LogP contribution in [0.15, 0.2) is 42.0 Å². The van der Waals surface area contributed by atoms with Crippen molar-refractivity contribution < 1.29 is 4.79 Å². The smallest absolute Gasteiger partial charge is 0.223 e. The van der Waals surface area contributed by atoms with Crippen LogP contribution in [-0.2, 0) is 11.3 Å². The average Bonchev–Trinajstić information content (AvgIpc) is 2.99. The van der Waals surface area contributed by atoms with Crippen LogP contribution in [0.25, 0.3) is 4.91 Å². The van der Waals surface area contributed by atoms with E-state index in [1.165, 1.54) is 40.0 Å². The molecule has 1 aliphatic carbocycles. The highest BCUT2D eigenvalue weighted by Crippen LogP contribution is 2.39. The molecule has 3 rings (SSSR count). The lowest BCUT2D eigenvalue weighted by atomic mass is 9.97. The molecule has 24 heavy (non-hydrogen) atoms. The Morgan fingerprint density at radius 2 is 2.04 bits per heavy atom. The topological polar surface area (TPSA) is 29.1 Å². The van der Waals surface area contributed by atoms with E-state index in [0.717, 1.165) is 18.6 Å². The van der Waals surface area contributed by atoms with Crippen LogP contribution in [0, 0.1) is 11.8 Å². The van der Waals surface area contributed by atoms with Crippen molar-refractivity contribution in [3.8, 4) is 0 Å². The summed E-state index contributed by atoms with van der Waals surface area (Å²) >= 11 is 1.88. The molecule has 1 amide bonds. The van der Waals surface area contributed by atoms with Gasteiger partial charge in [-0.3, -0.25) is 4.79 Å². The van der Waals surface area contributed by atoms with Crippen molar-refractivity contribution in [2.24, 2.45) is 11.8 Å². The standard InChI is InChI=1S/C21H27NOS/c1-14-11-16(3)20(24-13-14)18-9-7-17(8-10-18)12-22-21(23)19-6-4-5-15(19)2/h7-10,15,19H,1,4-6,11-13H2,2-3H3,(H,22,23). The molecule has 1 aromatic carbocycles. The zero-order valence-electron chi connectivity index (χ0n) is 14.7. The maximum atomic E-state index is 12.3. The summed E-state index contributed by atoms with van der Waals surface area (Å²) in [6.07, 6.45) is 4.43. The Hall–Kier alpha value is -1.48. The summed E-state index contributed by atoms with van der Waals surface area (Å²) in [6, 6.07) is 8.63. The van der Waals surface area contributed by atoms with Gasteiger partial charge in [0.25, 0.3) is 0 Å². The van der Waals surface area contributed by atoms with E-state index in [2.05, 4.69) is 50.0 Å². The lowest BCUT2D eigenvalue weighted by Gasteiger charge is -2.19. The monoisotopic (exact) mass is 341 g/mol. The molecule has 3 heteroatoms. The predicted molar refractivity (Wildman–Crippen MR) is 104 cm³/mol. The van der Waals surface area contributed by atoms with Crippen molar-refractivity contribution in [3.63, 3.8) is 0 Å². The van der Waals surface area contributed by atoms with Crippen molar-refractivity contribution in [2.45, 2.75) is 46.1 Å². The second kappa shape index (κ2) is 7.60. The molecule has 2 atom stereocenters. The summed E-state index contributed by atoms with van der Waals surface area (Å²) in [7, 11) is 0. The van der Waals surface area contributed by atoms with Crippen molar-refractivity contribution in [1.29, 1.82) is 0 Å². The third kappa shape index (κ3) is 3.94. The van der Waals surface area contributed by atoms with E-state index in [1.54, 1.807) is 0 Å². The second-order valence-electron chi connectivity index (χ2n) is 7.25. The van der Waals surface area contributed by atoms with Crippen LogP contribution in [0.4, 0.5) is 0 Å². The highest BCUT2D eigenvalue weighted by Gasteiger charge is 2.29. The molecule has 1 heterocycles. The van der Waals surface area contributed by atoms with E-state index < -0.39 is 0 Å². The van der Waals surface area contributed by atoms with E-state index in [4.69, 9.17) is 0 Å². The van der Waals surface area contributed by atoms with Gasteiger partial charge in [0.2, 0.25) is 5.91 Å². The predicted octanol–water partition coefficient (Wildman–Crippen LogP) is 5.16. The van der Waals surface area contributed by atoms with E-state index in [0.29, 0.717) is 12.5 Å². The number of carbonyl (C=O) groups excluding carboxylic acids is 1. The van der Waals surface area contributed by atoms with Gasteiger partial charge in [0, 0.05) is 23.1 Å². The fourth-order valence-corrected chi connectivity index (χ4v) is 4.83. The third-order valence-corrected chi connectivity index (χ3v) is 6.63. The summed E-state index contributed by atoms with van der Waals surface area (Å²) in [6.45, 7) is 9.11. The maximum absolute atomic E-state index is 12.3. The molecule has 1 aromatic rings. The Labute approximate surface area is 149 Å². The van der Waals surface area contributed by atoms with Gasteiger partial charge >= 0.3 is 0 Å². The lowest BCUT2D eigenvalue weighted by Crippen LogP contribution is -2.31.